The van der Waals surface area contributed by atoms with E-state index in [1.54, 1.807) is 50.2 Å². The van der Waals surface area contributed by atoms with E-state index in [1.807, 2.05) is 41.5 Å². The Kier molecular flexibility index (Phi) is 9.63. The van der Waals surface area contributed by atoms with Gasteiger partial charge in [0.05, 0.1) is 24.8 Å². The van der Waals surface area contributed by atoms with Crippen LogP contribution in [0.15, 0.2) is 52.0 Å². The van der Waals surface area contributed by atoms with Crippen LogP contribution in [0.5, 0.6) is 0 Å². The smallest absolute Gasteiger partial charge is 0.333 e. The molecule has 3 heterocycles. The molecule has 1 N–H and O–H groups in total. The second-order valence-electron chi connectivity index (χ2n) is 11.0. The fourth-order valence-corrected chi connectivity index (χ4v) is 5.72. The van der Waals surface area contributed by atoms with Crippen molar-refractivity contribution in [3.63, 3.8) is 0 Å². The van der Waals surface area contributed by atoms with Crippen molar-refractivity contribution in [2.45, 2.75) is 79.6 Å². The van der Waals surface area contributed by atoms with E-state index in [2.05, 4.69) is 17.0 Å². The monoisotopic (exact) mass is 571 g/mol. The van der Waals surface area contributed by atoms with Gasteiger partial charge in [0.15, 0.2) is 0 Å². The van der Waals surface area contributed by atoms with Gasteiger partial charge in [-0.25, -0.2) is 14.0 Å². The third kappa shape index (κ3) is 6.00. The maximum absolute atomic E-state index is 14.3. The zero-order chi connectivity index (χ0) is 29.9. The number of allylic oxidation sites excluding steroid dienone is 1. The highest BCUT2D eigenvalue weighted by Crippen LogP contribution is 2.32. The Hall–Kier alpha value is -3.44. The number of carbonyl (C=O) groups is 1. The van der Waals surface area contributed by atoms with E-state index in [0.717, 1.165) is 4.57 Å². The molecule has 11 heteroatoms. The molecule has 0 fully saturated rings. The van der Waals surface area contributed by atoms with Gasteiger partial charge < -0.3 is 14.8 Å². The lowest BCUT2D eigenvalue weighted by Crippen LogP contribution is -2.56. The highest BCUT2D eigenvalue weighted by Gasteiger charge is 2.36. The first-order valence-corrected chi connectivity index (χ1v) is 14.2. The van der Waals surface area contributed by atoms with Crippen molar-refractivity contribution >= 4 is 27.5 Å². The molecule has 1 atom stereocenters. The first-order valence-electron chi connectivity index (χ1n) is 13.3. The van der Waals surface area contributed by atoms with Crippen LogP contribution in [0, 0.1) is 12.8 Å². The van der Waals surface area contributed by atoms with E-state index < -0.39 is 28.8 Å². The number of aromatic nitrogens is 4. The molecule has 0 saturated heterocycles. The molecule has 0 aliphatic rings. The van der Waals surface area contributed by atoms with Crippen LogP contribution in [0.1, 0.15) is 54.0 Å². The molecule has 0 radical (unpaired) electrons. The van der Waals surface area contributed by atoms with Crippen molar-refractivity contribution in [2.24, 2.45) is 5.92 Å². The molecular formula is C29H41N5O5S. The average Bonchev–Trinajstić information content (AvgIpc) is 3.52. The molecule has 3 rings (SSSR count). The van der Waals surface area contributed by atoms with Crippen molar-refractivity contribution < 1.29 is 14.3 Å². The van der Waals surface area contributed by atoms with Crippen molar-refractivity contribution in [2.75, 3.05) is 13.7 Å². The van der Waals surface area contributed by atoms with Gasteiger partial charge in [-0.05, 0) is 53.5 Å². The van der Waals surface area contributed by atoms with E-state index >= 15 is 0 Å². The lowest BCUT2D eigenvalue weighted by molar-refractivity contribution is -0.129. The summed E-state index contributed by atoms with van der Waals surface area (Å²) in [6.07, 6.45) is 4.50. The van der Waals surface area contributed by atoms with Gasteiger partial charge in [0.2, 0.25) is 5.91 Å². The fraction of sp³-hybridized carbons (Fsp3) is 0.517. The third-order valence-corrected chi connectivity index (χ3v) is 8.00. The van der Waals surface area contributed by atoms with Crippen LogP contribution >= 0.6 is 11.3 Å². The molecular weight excluding hydrogens is 530 g/mol. The van der Waals surface area contributed by atoms with Crippen LogP contribution < -0.4 is 16.6 Å². The van der Waals surface area contributed by atoms with Gasteiger partial charge in [0, 0.05) is 36.2 Å². The van der Waals surface area contributed by atoms with Crippen LogP contribution in [0.2, 0.25) is 0 Å². The number of fused-ring (bicyclic) bond motifs is 1. The van der Waals surface area contributed by atoms with Crippen LogP contribution in [0.25, 0.3) is 15.2 Å². The first-order chi connectivity index (χ1) is 18.8. The Morgan fingerprint density at radius 2 is 1.93 bits per heavy atom. The Morgan fingerprint density at radius 1 is 1.25 bits per heavy atom. The maximum atomic E-state index is 14.3. The summed E-state index contributed by atoms with van der Waals surface area (Å²) < 4.78 is 16.1. The topological polar surface area (TPSA) is 109 Å². The molecule has 3 aromatic rings. The number of aryl methyl sites for hydroxylation is 1. The van der Waals surface area contributed by atoms with Crippen LogP contribution in [0.3, 0.4) is 0 Å². The molecule has 1 amide bonds. The minimum absolute atomic E-state index is 0.0742. The molecule has 0 saturated carbocycles. The predicted molar refractivity (Wildman–Crippen MR) is 159 cm³/mol. The fourth-order valence-electron chi connectivity index (χ4n) is 4.47. The van der Waals surface area contributed by atoms with Crippen LogP contribution in [0.4, 0.5) is 0 Å². The normalized spacial score (nSPS) is 13.6. The van der Waals surface area contributed by atoms with Gasteiger partial charge in [-0.1, -0.05) is 37.8 Å². The number of carbonyl (C=O) groups excluding carboxylic acids is 1. The zero-order valence-electron chi connectivity index (χ0n) is 24.9. The minimum Gasteiger partial charge on any atom is -0.501 e. The summed E-state index contributed by atoms with van der Waals surface area (Å²) in [4.78, 5) is 42.1. The molecule has 218 valence electrons. The Morgan fingerprint density at radius 3 is 2.45 bits per heavy atom. The number of hydrogen-bond acceptors (Lipinski definition) is 7. The highest BCUT2D eigenvalue weighted by atomic mass is 32.1. The maximum Gasteiger partial charge on any atom is 0.333 e. The summed E-state index contributed by atoms with van der Waals surface area (Å²) >= 11 is 1.30. The number of ether oxygens (including phenoxy) is 2. The van der Waals surface area contributed by atoms with Gasteiger partial charge in [-0.3, -0.25) is 14.2 Å². The van der Waals surface area contributed by atoms with Gasteiger partial charge in [-0.2, -0.15) is 5.10 Å². The highest BCUT2D eigenvalue weighted by molar-refractivity contribution is 7.21. The SMILES string of the molecule is C=C/C(=C(\C)OC)[C@H](Cn1c(=O)n(C(C)(C)C(=O)NC(C)C)c(=O)c2c(C)c(-n3cccn3)sc21)OCC(C)C. The molecule has 10 nitrogen and oxygen atoms in total. The van der Waals surface area contributed by atoms with Gasteiger partial charge in [0.1, 0.15) is 21.5 Å². The minimum atomic E-state index is -1.47. The average molecular weight is 572 g/mol. The van der Waals surface area contributed by atoms with Crippen molar-refractivity contribution in [1.82, 2.24) is 24.2 Å². The largest absolute Gasteiger partial charge is 0.501 e. The van der Waals surface area contributed by atoms with Gasteiger partial charge >= 0.3 is 5.69 Å². The van der Waals surface area contributed by atoms with E-state index in [9.17, 15) is 14.4 Å². The van der Waals surface area contributed by atoms with E-state index in [1.165, 1.54) is 15.9 Å². The lowest BCUT2D eigenvalue weighted by Gasteiger charge is -2.29. The van der Waals surface area contributed by atoms with E-state index in [-0.39, 0.29) is 18.5 Å². The predicted octanol–water partition coefficient (Wildman–Crippen LogP) is 4.13. The number of hydrogen-bond donors (Lipinski definition) is 1. The molecule has 0 aromatic carbocycles. The molecule has 0 aliphatic heterocycles. The summed E-state index contributed by atoms with van der Waals surface area (Å²) in [5, 5.41) is 8.26. The Balaban J connectivity index is 2.40. The summed E-state index contributed by atoms with van der Waals surface area (Å²) in [5.74, 6) is 0.413. The summed E-state index contributed by atoms with van der Waals surface area (Å²) in [6.45, 7) is 19.0. The summed E-state index contributed by atoms with van der Waals surface area (Å²) in [6, 6.07) is 1.62. The number of methoxy groups -OCH3 is 1. The molecule has 0 unspecified atom stereocenters. The molecule has 0 aliphatic carbocycles. The quantitative estimate of drug-likeness (QED) is 0.259. The standard InChI is InChI=1S/C29H41N5O5S/c1-11-21(20(7)38-10)22(39-16-17(2)3)15-32-26-23(19(6)25(40-26)33-14-12-13-30-33)24(35)34(28(32)37)29(8,9)27(36)31-18(4)5/h11-14,17-18,22H,1,15-16H2,2-10H3,(H,31,36)/b21-20-/t22-/m0/s1. The first kappa shape index (κ1) is 31.1. The van der Waals surface area contributed by atoms with Crippen molar-refractivity contribution in [3.05, 3.63) is 68.8 Å². The lowest BCUT2D eigenvalue weighted by atomic mass is 10.0. The number of thiophene rings is 1. The third-order valence-electron chi connectivity index (χ3n) is 6.69. The molecule has 3 aromatic heterocycles. The number of nitrogens with zero attached hydrogens (tertiary/aromatic N) is 4. The van der Waals surface area contributed by atoms with Gasteiger partial charge in [-0.15, -0.1) is 0 Å². The second kappa shape index (κ2) is 12.4. The Bertz CT molecular complexity index is 1520. The number of nitrogens with one attached hydrogen (secondary N) is 1. The van der Waals surface area contributed by atoms with Crippen LogP contribution in [-0.4, -0.2) is 50.7 Å². The van der Waals surface area contributed by atoms with Crippen molar-refractivity contribution in [1.29, 1.82) is 0 Å². The van der Waals surface area contributed by atoms with Gasteiger partial charge in [0.25, 0.3) is 5.56 Å². The second-order valence-corrected chi connectivity index (χ2v) is 12.0. The molecule has 0 bridgehead atoms. The molecule has 40 heavy (non-hydrogen) atoms. The summed E-state index contributed by atoms with van der Waals surface area (Å²) in [7, 11) is 1.57. The zero-order valence-corrected chi connectivity index (χ0v) is 25.7. The van der Waals surface area contributed by atoms with E-state index in [0.29, 0.717) is 38.7 Å². The van der Waals surface area contributed by atoms with Crippen LogP contribution in [-0.2, 0) is 26.4 Å². The summed E-state index contributed by atoms with van der Waals surface area (Å²) in [5.41, 5.74) is -1.24. The Labute approximate surface area is 238 Å². The van der Waals surface area contributed by atoms with Crippen molar-refractivity contribution in [3.8, 4) is 5.00 Å². The number of amides is 1. The molecule has 0 spiro atoms. The number of rotatable bonds is 12. The van der Waals surface area contributed by atoms with E-state index in [4.69, 9.17) is 9.47 Å².